The molecule has 0 aromatic rings. The molecule has 0 bridgehead atoms. The van der Waals surface area contributed by atoms with Gasteiger partial charge in [0.05, 0.1) is 0 Å². The lowest BCUT2D eigenvalue weighted by molar-refractivity contribution is 0.591. The van der Waals surface area contributed by atoms with E-state index in [9.17, 15) is 0 Å². The molecule has 1 heterocycles. The summed E-state index contributed by atoms with van der Waals surface area (Å²) < 4.78 is 0. The predicted octanol–water partition coefficient (Wildman–Crippen LogP) is 0.697. The summed E-state index contributed by atoms with van der Waals surface area (Å²) in [5.74, 6) is 0.764. The van der Waals surface area contributed by atoms with Gasteiger partial charge in [0.15, 0.2) is 0 Å². The van der Waals surface area contributed by atoms with Gasteiger partial charge in [-0.1, -0.05) is 0 Å². The van der Waals surface area contributed by atoms with Gasteiger partial charge in [-0.3, -0.25) is 0 Å². The van der Waals surface area contributed by atoms with E-state index in [1.165, 1.54) is 13.0 Å². The van der Waals surface area contributed by atoms with Crippen LogP contribution >= 0.6 is 0 Å². The van der Waals surface area contributed by atoms with E-state index in [0.29, 0.717) is 0 Å². The topological polar surface area (TPSA) is 12.0 Å². The lowest BCUT2D eigenvalue weighted by Crippen LogP contribution is -2.07. The summed E-state index contributed by atoms with van der Waals surface area (Å²) in [4.78, 5) is 0. The van der Waals surface area contributed by atoms with Crippen LogP contribution in [0.3, 0.4) is 0 Å². The van der Waals surface area contributed by atoms with Crippen molar-refractivity contribution in [2.45, 2.75) is 12.8 Å². The maximum absolute atomic E-state index is 5.39. The molecule has 0 amide bonds. The molecule has 1 heteroatoms. The van der Waals surface area contributed by atoms with Gasteiger partial charge < -0.3 is 5.32 Å². The first-order valence-electron chi connectivity index (χ1n) is 2.84. The van der Waals surface area contributed by atoms with Crippen LogP contribution in [-0.2, 0) is 0 Å². The van der Waals surface area contributed by atoms with Crippen molar-refractivity contribution in [2.75, 3.05) is 13.1 Å². The molecule has 0 aromatic carbocycles. The van der Waals surface area contributed by atoms with E-state index in [4.69, 9.17) is 6.92 Å². The fraction of sp³-hybridized carbons (Fsp3) is 0.833. The van der Waals surface area contributed by atoms with Crippen LogP contribution in [0.25, 0.3) is 0 Å². The van der Waals surface area contributed by atoms with Gasteiger partial charge in [0.2, 0.25) is 0 Å². The van der Waals surface area contributed by atoms with Gasteiger partial charge in [-0.15, -0.1) is 0 Å². The molecule has 0 aromatic heterocycles. The van der Waals surface area contributed by atoms with Gasteiger partial charge in [0.25, 0.3) is 0 Å². The minimum Gasteiger partial charge on any atom is -0.316 e. The molecule has 7 heavy (non-hydrogen) atoms. The Hall–Kier alpha value is -0.0400. The SMILES string of the molecule is [CH]CC1CCNC1. The first kappa shape index (κ1) is 5.10. The van der Waals surface area contributed by atoms with Gasteiger partial charge in [0, 0.05) is 0 Å². The zero-order valence-electron chi connectivity index (χ0n) is 4.48. The molecule has 1 atom stereocenters. The van der Waals surface area contributed by atoms with E-state index in [1.807, 2.05) is 0 Å². The third-order valence-electron chi connectivity index (χ3n) is 1.50. The highest BCUT2D eigenvalue weighted by Gasteiger charge is 2.10. The highest BCUT2D eigenvalue weighted by molar-refractivity contribution is 4.70. The summed E-state index contributed by atoms with van der Waals surface area (Å²) in [6.07, 6.45) is 2.13. The molecule has 0 spiro atoms. The van der Waals surface area contributed by atoms with Crippen LogP contribution in [0.4, 0.5) is 0 Å². The minimum absolute atomic E-state index is 0.764. The van der Waals surface area contributed by atoms with Crippen molar-refractivity contribution < 1.29 is 0 Å². The van der Waals surface area contributed by atoms with Gasteiger partial charge in [-0.2, -0.15) is 0 Å². The van der Waals surface area contributed by atoms with E-state index in [0.717, 1.165) is 18.9 Å². The second kappa shape index (κ2) is 2.31. The Morgan fingerprint density at radius 2 is 2.57 bits per heavy atom. The van der Waals surface area contributed by atoms with Gasteiger partial charge in [-0.05, 0) is 38.8 Å². The fourth-order valence-corrected chi connectivity index (χ4v) is 0.916. The Balaban J connectivity index is 2.14. The second-order valence-corrected chi connectivity index (χ2v) is 2.09. The summed E-state index contributed by atoms with van der Waals surface area (Å²) in [5.41, 5.74) is 0. The van der Waals surface area contributed by atoms with Gasteiger partial charge in [-0.25, -0.2) is 0 Å². The number of hydrogen-bond acceptors (Lipinski definition) is 1. The number of rotatable bonds is 1. The first-order chi connectivity index (χ1) is 3.43. The molecular formula is C6H11N. The quantitative estimate of drug-likeness (QED) is 0.508. The molecule has 1 rings (SSSR count). The van der Waals surface area contributed by atoms with E-state index in [1.54, 1.807) is 0 Å². The Bertz CT molecular complexity index is 46.1. The average Bonchev–Trinajstić information content (AvgIpc) is 2.14. The van der Waals surface area contributed by atoms with Crippen molar-refractivity contribution in [2.24, 2.45) is 5.92 Å². The second-order valence-electron chi connectivity index (χ2n) is 2.09. The third kappa shape index (κ3) is 1.16. The Labute approximate surface area is 45.1 Å². The zero-order valence-corrected chi connectivity index (χ0v) is 4.48. The van der Waals surface area contributed by atoms with Crippen molar-refractivity contribution in [3.8, 4) is 0 Å². The summed E-state index contributed by atoms with van der Waals surface area (Å²) in [7, 11) is 0. The molecule has 1 saturated heterocycles. The number of nitrogens with one attached hydrogen (secondary N) is 1. The van der Waals surface area contributed by atoms with Crippen molar-refractivity contribution in [1.29, 1.82) is 0 Å². The lowest BCUT2D eigenvalue weighted by Gasteiger charge is -1.98. The summed E-state index contributed by atoms with van der Waals surface area (Å²) in [5, 5.41) is 3.24. The highest BCUT2D eigenvalue weighted by atomic mass is 14.9. The van der Waals surface area contributed by atoms with E-state index >= 15 is 0 Å². The monoisotopic (exact) mass is 97.1 g/mol. The summed E-state index contributed by atoms with van der Waals surface area (Å²) in [6, 6.07) is 0. The van der Waals surface area contributed by atoms with Crippen molar-refractivity contribution in [3.63, 3.8) is 0 Å². The van der Waals surface area contributed by atoms with Crippen LogP contribution in [0.15, 0.2) is 0 Å². The van der Waals surface area contributed by atoms with Crippen molar-refractivity contribution in [1.82, 2.24) is 5.32 Å². The minimum atomic E-state index is 0.764. The molecular weight excluding hydrogens is 86.1 g/mol. The average molecular weight is 97.2 g/mol. The molecule has 1 unspecified atom stereocenters. The smallest absolute Gasteiger partial charge is 0.00199 e. The predicted molar refractivity (Wildman–Crippen MR) is 29.9 cm³/mol. The molecule has 0 saturated carbocycles. The fourth-order valence-electron chi connectivity index (χ4n) is 0.916. The van der Waals surface area contributed by atoms with Crippen LogP contribution in [0.5, 0.6) is 0 Å². The van der Waals surface area contributed by atoms with Gasteiger partial charge in [0.1, 0.15) is 0 Å². The van der Waals surface area contributed by atoms with Crippen molar-refractivity contribution >= 4 is 0 Å². The summed E-state index contributed by atoms with van der Waals surface area (Å²) in [6.45, 7) is 7.70. The molecule has 1 aliphatic rings. The standard InChI is InChI=1S/C6H11N/c1-2-6-3-4-7-5-6/h1,6-7H,2-5H2. The lowest BCUT2D eigenvalue weighted by atomic mass is 10.1. The largest absolute Gasteiger partial charge is 0.316 e. The van der Waals surface area contributed by atoms with Crippen LogP contribution in [0, 0.1) is 12.8 Å². The van der Waals surface area contributed by atoms with Crippen LogP contribution in [-0.4, -0.2) is 13.1 Å². The highest BCUT2D eigenvalue weighted by Crippen LogP contribution is 2.09. The number of hydrogen-bond donors (Lipinski definition) is 1. The van der Waals surface area contributed by atoms with Crippen molar-refractivity contribution in [3.05, 3.63) is 6.92 Å². The molecule has 2 radical (unpaired) electrons. The van der Waals surface area contributed by atoms with Crippen LogP contribution in [0.2, 0.25) is 0 Å². The third-order valence-corrected chi connectivity index (χ3v) is 1.50. The molecule has 1 N–H and O–H groups in total. The normalized spacial score (nSPS) is 31.3. The molecule has 0 aliphatic carbocycles. The van der Waals surface area contributed by atoms with E-state index in [-0.39, 0.29) is 0 Å². The molecule has 1 aliphatic heterocycles. The Morgan fingerprint density at radius 1 is 1.71 bits per heavy atom. The van der Waals surface area contributed by atoms with E-state index < -0.39 is 0 Å². The maximum atomic E-state index is 5.39. The molecule has 1 fully saturated rings. The molecule has 1 nitrogen and oxygen atoms in total. The molecule has 40 valence electrons. The van der Waals surface area contributed by atoms with E-state index in [2.05, 4.69) is 5.32 Å². The van der Waals surface area contributed by atoms with Crippen LogP contribution < -0.4 is 5.32 Å². The maximum Gasteiger partial charge on any atom is -0.00199 e. The van der Waals surface area contributed by atoms with Gasteiger partial charge >= 0.3 is 0 Å². The Morgan fingerprint density at radius 3 is 2.86 bits per heavy atom. The first-order valence-corrected chi connectivity index (χ1v) is 2.84. The summed E-state index contributed by atoms with van der Waals surface area (Å²) >= 11 is 0. The zero-order chi connectivity index (χ0) is 5.11. The van der Waals surface area contributed by atoms with Crippen LogP contribution in [0.1, 0.15) is 12.8 Å². The Kier molecular flexibility index (Phi) is 1.69.